The fourth-order valence-electron chi connectivity index (χ4n) is 2.81. The third kappa shape index (κ3) is 2.65. The average molecular weight is 336 g/mol. The maximum absolute atomic E-state index is 12.6. The van der Waals surface area contributed by atoms with Crippen LogP contribution >= 0.6 is 11.6 Å². The Morgan fingerprint density at radius 3 is 2.71 bits per heavy atom. The highest BCUT2D eigenvalue weighted by atomic mass is 35.5. The molecule has 2 heterocycles. The number of aryl methyl sites for hydroxylation is 2. The lowest BCUT2D eigenvalue weighted by atomic mass is 10.2. The van der Waals surface area contributed by atoms with E-state index >= 15 is 0 Å². The molecule has 5 heteroatoms. The molecule has 0 N–H and O–H groups in total. The largest absolute Gasteiger partial charge is 0.276 e. The Morgan fingerprint density at radius 2 is 1.79 bits per heavy atom. The van der Waals surface area contributed by atoms with Gasteiger partial charge in [0.25, 0.3) is 5.56 Å². The summed E-state index contributed by atoms with van der Waals surface area (Å²) in [6.07, 6.45) is 2.31. The predicted molar refractivity (Wildman–Crippen MR) is 96.5 cm³/mol. The zero-order chi connectivity index (χ0) is 16.5. The van der Waals surface area contributed by atoms with Crippen LogP contribution in [0.4, 0.5) is 0 Å². The number of benzene rings is 2. The quantitative estimate of drug-likeness (QED) is 0.571. The minimum Gasteiger partial charge on any atom is -0.267 e. The van der Waals surface area contributed by atoms with Gasteiger partial charge in [-0.05, 0) is 18.2 Å². The molecule has 4 nitrogen and oxygen atoms in total. The van der Waals surface area contributed by atoms with Crippen LogP contribution in [-0.4, -0.2) is 14.8 Å². The highest BCUT2D eigenvalue weighted by Crippen LogP contribution is 2.18. The molecule has 0 saturated heterocycles. The molecule has 2 aromatic carbocycles. The van der Waals surface area contributed by atoms with Crippen molar-refractivity contribution in [2.75, 3.05) is 0 Å². The Hall–Kier alpha value is -2.72. The zero-order valence-electron chi connectivity index (χ0n) is 12.8. The second-order valence-corrected chi connectivity index (χ2v) is 6.03. The lowest BCUT2D eigenvalue weighted by Gasteiger charge is -2.07. The molecule has 0 aliphatic rings. The molecule has 0 aliphatic heterocycles. The fourth-order valence-corrected chi connectivity index (χ4v) is 3.08. The maximum Gasteiger partial charge on any atom is 0.276 e. The lowest BCUT2D eigenvalue weighted by molar-refractivity contribution is 0.580. The van der Waals surface area contributed by atoms with E-state index in [0.717, 1.165) is 22.0 Å². The van der Waals surface area contributed by atoms with Crippen LogP contribution in [0.15, 0.2) is 65.6 Å². The maximum atomic E-state index is 12.6. The molecular formula is C19H14ClN3O. The number of para-hydroxylation sites is 1. The van der Waals surface area contributed by atoms with Crippen LogP contribution in [-0.2, 0) is 13.0 Å². The topological polar surface area (TPSA) is 47.8 Å². The van der Waals surface area contributed by atoms with Gasteiger partial charge in [0.15, 0.2) is 0 Å². The highest BCUT2D eigenvalue weighted by Gasteiger charge is 2.08. The summed E-state index contributed by atoms with van der Waals surface area (Å²) in [4.78, 5) is 17.2. The van der Waals surface area contributed by atoms with Crippen LogP contribution in [0, 0.1) is 0 Å². The van der Waals surface area contributed by atoms with Crippen LogP contribution in [0.2, 0.25) is 5.02 Å². The Labute approximate surface area is 143 Å². The van der Waals surface area contributed by atoms with Gasteiger partial charge in [0.1, 0.15) is 0 Å². The number of pyridine rings is 1. The van der Waals surface area contributed by atoms with Gasteiger partial charge in [-0.3, -0.25) is 9.78 Å². The predicted octanol–water partition coefficient (Wildman–Crippen LogP) is 3.84. The van der Waals surface area contributed by atoms with Crippen LogP contribution in [0.1, 0.15) is 5.69 Å². The zero-order valence-corrected chi connectivity index (χ0v) is 13.6. The summed E-state index contributed by atoms with van der Waals surface area (Å²) in [5.41, 5.74) is 1.72. The standard InChI is InChI=1S/C19H14ClN3O/c20-16-6-3-5-14-12-21-23(19(24)18(14)16)11-10-15-9-8-13-4-1-2-7-17(13)22-15/h1-9,12H,10-11H2. The van der Waals surface area contributed by atoms with E-state index in [0.29, 0.717) is 23.4 Å². The third-order valence-corrected chi connectivity index (χ3v) is 4.38. The molecule has 0 amide bonds. The van der Waals surface area contributed by atoms with Crippen LogP contribution in [0.3, 0.4) is 0 Å². The minimum absolute atomic E-state index is 0.168. The fraction of sp³-hybridized carbons (Fsp3) is 0.105. The van der Waals surface area contributed by atoms with Gasteiger partial charge in [-0.25, -0.2) is 4.68 Å². The van der Waals surface area contributed by atoms with E-state index in [1.54, 1.807) is 12.3 Å². The minimum atomic E-state index is -0.168. The first-order valence-electron chi connectivity index (χ1n) is 7.71. The smallest absolute Gasteiger partial charge is 0.267 e. The van der Waals surface area contributed by atoms with Gasteiger partial charge < -0.3 is 0 Å². The summed E-state index contributed by atoms with van der Waals surface area (Å²) in [7, 11) is 0. The number of fused-ring (bicyclic) bond motifs is 2. The molecule has 2 aromatic heterocycles. The molecular weight excluding hydrogens is 322 g/mol. The van der Waals surface area contributed by atoms with Gasteiger partial charge in [-0.15, -0.1) is 0 Å². The summed E-state index contributed by atoms with van der Waals surface area (Å²) >= 11 is 6.16. The van der Waals surface area contributed by atoms with E-state index in [9.17, 15) is 4.79 Å². The monoisotopic (exact) mass is 335 g/mol. The van der Waals surface area contributed by atoms with Crippen molar-refractivity contribution >= 4 is 33.3 Å². The number of hydrogen-bond donors (Lipinski definition) is 0. The molecule has 0 bridgehead atoms. The molecule has 118 valence electrons. The van der Waals surface area contributed by atoms with Crippen molar-refractivity contribution in [1.82, 2.24) is 14.8 Å². The lowest BCUT2D eigenvalue weighted by Crippen LogP contribution is -2.24. The Bertz CT molecular complexity index is 1100. The average Bonchev–Trinajstić information content (AvgIpc) is 2.61. The van der Waals surface area contributed by atoms with Gasteiger partial charge in [-0.1, -0.05) is 48.0 Å². The van der Waals surface area contributed by atoms with E-state index in [1.807, 2.05) is 48.5 Å². The van der Waals surface area contributed by atoms with Crippen LogP contribution in [0.5, 0.6) is 0 Å². The van der Waals surface area contributed by atoms with E-state index in [2.05, 4.69) is 10.1 Å². The van der Waals surface area contributed by atoms with Gasteiger partial charge in [0.05, 0.1) is 28.7 Å². The Kier molecular flexibility index (Phi) is 3.75. The van der Waals surface area contributed by atoms with E-state index in [4.69, 9.17) is 11.6 Å². The molecule has 0 spiro atoms. The molecule has 0 atom stereocenters. The highest BCUT2D eigenvalue weighted by molar-refractivity contribution is 6.35. The summed E-state index contributed by atoms with van der Waals surface area (Å²) in [6, 6.07) is 17.4. The Morgan fingerprint density at radius 1 is 0.958 bits per heavy atom. The molecule has 0 fully saturated rings. The molecule has 0 radical (unpaired) electrons. The summed E-state index contributed by atoms with van der Waals surface area (Å²) in [6.45, 7) is 0.464. The van der Waals surface area contributed by atoms with Crippen molar-refractivity contribution in [3.63, 3.8) is 0 Å². The van der Waals surface area contributed by atoms with Crippen molar-refractivity contribution in [2.45, 2.75) is 13.0 Å². The van der Waals surface area contributed by atoms with E-state index in [-0.39, 0.29) is 5.56 Å². The molecule has 0 aliphatic carbocycles. The summed E-state index contributed by atoms with van der Waals surface area (Å²) in [5.74, 6) is 0. The third-order valence-electron chi connectivity index (χ3n) is 4.07. The van der Waals surface area contributed by atoms with Crippen molar-refractivity contribution in [3.05, 3.63) is 81.9 Å². The van der Waals surface area contributed by atoms with Crippen molar-refractivity contribution in [2.24, 2.45) is 0 Å². The van der Waals surface area contributed by atoms with Crippen LogP contribution in [0.25, 0.3) is 21.7 Å². The second-order valence-electron chi connectivity index (χ2n) is 5.62. The SMILES string of the molecule is O=c1c2c(Cl)cccc2cnn1CCc1ccc2ccccc2n1. The van der Waals surface area contributed by atoms with Crippen LogP contribution < -0.4 is 5.56 Å². The Balaban J connectivity index is 1.65. The van der Waals surface area contributed by atoms with Gasteiger partial charge in [-0.2, -0.15) is 5.10 Å². The van der Waals surface area contributed by atoms with E-state index < -0.39 is 0 Å². The normalized spacial score (nSPS) is 11.2. The first-order chi connectivity index (χ1) is 11.7. The molecule has 0 saturated carbocycles. The first-order valence-corrected chi connectivity index (χ1v) is 8.09. The number of halogens is 1. The molecule has 24 heavy (non-hydrogen) atoms. The molecule has 4 aromatic rings. The van der Waals surface area contributed by atoms with E-state index in [1.165, 1.54) is 4.68 Å². The van der Waals surface area contributed by atoms with Gasteiger partial charge >= 0.3 is 0 Å². The van der Waals surface area contributed by atoms with Gasteiger partial charge in [0, 0.05) is 22.9 Å². The number of hydrogen-bond acceptors (Lipinski definition) is 3. The van der Waals surface area contributed by atoms with Crippen molar-refractivity contribution < 1.29 is 0 Å². The summed E-state index contributed by atoms with van der Waals surface area (Å²) in [5, 5.41) is 7.08. The van der Waals surface area contributed by atoms with Crippen molar-refractivity contribution in [3.8, 4) is 0 Å². The number of aromatic nitrogens is 3. The first kappa shape index (κ1) is 14.8. The second kappa shape index (κ2) is 6.06. The van der Waals surface area contributed by atoms with Crippen molar-refractivity contribution in [1.29, 1.82) is 0 Å². The molecule has 0 unspecified atom stereocenters. The van der Waals surface area contributed by atoms with Gasteiger partial charge in [0.2, 0.25) is 0 Å². The number of rotatable bonds is 3. The number of nitrogens with zero attached hydrogens (tertiary/aromatic N) is 3. The molecule has 4 rings (SSSR count). The summed E-state index contributed by atoms with van der Waals surface area (Å²) < 4.78 is 1.45.